The fourth-order valence-electron chi connectivity index (χ4n) is 1.31. The van der Waals surface area contributed by atoms with Gasteiger partial charge in [-0.15, -0.1) is 0 Å². The summed E-state index contributed by atoms with van der Waals surface area (Å²) in [6, 6.07) is 6.17. The number of aromatic carboxylic acids is 1. The summed E-state index contributed by atoms with van der Waals surface area (Å²) in [6.45, 7) is 0. The molecule has 1 aliphatic heterocycles. The lowest BCUT2D eigenvalue weighted by Gasteiger charge is -1.96. The summed E-state index contributed by atoms with van der Waals surface area (Å²) < 4.78 is 0. The molecule has 5 nitrogen and oxygen atoms in total. The van der Waals surface area contributed by atoms with Gasteiger partial charge in [0.2, 0.25) is 0 Å². The highest BCUT2D eigenvalue weighted by Crippen LogP contribution is 2.24. The first-order chi connectivity index (χ1) is 8.06. The second-order valence-corrected chi connectivity index (χ2v) is 4.37. The van der Waals surface area contributed by atoms with Crippen LogP contribution in [0.3, 0.4) is 0 Å². The number of carbonyl (C=O) groups excluding carboxylic acids is 1. The Morgan fingerprint density at radius 2 is 2.00 bits per heavy atom. The van der Waals surface area contributed by atoms with E-state index in [-0.39, 0.29) is 16.6 Å². The monoisotopic (exact) mass is 248 g/mol. The van der Waals surface area contributed by atoms with Crippen LogP contribution in [0.4, 0.5) is 0 Å². The van der Waals surface area contributed by atoms with Crippen LogP contribution in [0.1, 0.15) is 15.9 Å². The zero-order valence-electron chi connectivity index (χ0n) is 8.56. The van der Waals surface area contributed by atoms with Gasteiger partial charge in [-0.05, 0) is 35.5 Å². The van der Waals surface area contributed by atoms with Crippen molar-refractivity contribution >= 4 is 34.9 Å². The highest BCUT2D eigenvalue weighted by molar-refractivity contribution is 8.18. The summed E-state index contributed by atoms with van der Waals surface area (Å²) in [5, 5.41) is 18.5. The summed E-state index contributed by atoms with van der Waals surface area (Å²) in [6.07, 6.45) is 1.62. The molecule has 1 amide bonds. The second-order valence-electron chi connectivity index (χ2n) is 3.32. The quantitative estimate of drug-likeness (QED) is 0.692. The van der Waals surface area contributed by atoms with Crippen molar-refractivity contribution in [2.24, 2.45) is 0 Å². The largest absolute Gasteiger partial charge is 0.478 e. The maximum absolute atomic E-state index is 11.3. The summed E-state index contributed by atoms with van der Waals surface area (Å²) in [7, 11) is 0. The predicted octanol–water partition coefficient (Wildman–Crippen LogP) is 1.52. The standard InChI is InChI=1S/C11H8N2O3S/c12-11-13-9(14)8(17-11)5-6-1-3-7(4-2-6)10(15)16/h1-5H,(H,15,16)(H2,12,13,14). The van der Waals surface area contributed by atoms with Gasteiger partial charge in [0.05, 0.1) is 10.5 Å². The van der Waals surface area contributed by atoms with Crippen LogP contribution in [0.2, 0.25) is 0 Å². The predicted molar refractivity (Wildman–Crippen MR) is 64.8 cm³/mol. The highest BCUT2D eigenvalue weighted by atomic mass is 32.2. The second kappa shape index (κ2) is 4.42. The third-order valence-corrected chi connectivity index (χ3v) is 2.95. The Morgan fingerprint density at radius 1 is 1.35 bits per heavy atom. The Labute approximate surface area is 101 Å². The van der Waals surface area contributed by atoms with Gasteiger partial charge < -0.3 is 10.4 Å². The molecule has 3 N–H and O–H groups in total. The van der Waals surface area contributed by atoms with E-state index >= 15 is 0 Å². The van der Waals surface area contributed by atoms with Crippen LogP contribution in [-0.4, -0.2) is 22.2 Å². The van der Waals surface area contributed by atoms with Crippen LogP contribution >= 0.6 is 11.8 Å². The van der Waals surface area contributed by atoms with Crippen molar-refractivity contribution in [1.82, 2.24) is 5.32 Å². The van der Waals surface area contributed by atoms with E-state index in [1.54, 1.807) is 18.2 Å². The molecule has 17 heavy (non-hydrogen) atoms. The first-order valence-corrected chi connectivity index (χ1v) is 5.51. The van der Waals surface area contributed by atoms with Crippen molar-refractivity contribution < 1.29 is 14.7 Å². The third-order valence-electron chi connectivity index (χ3n) is 2.12. The average Bonchev–Trinajstić information content (AvgIpc) is 2.58. The number of hydrogen-bond donors (Lipinski definition) is 3. The zero-order valence-corrected chi connectivity index (χ0v) is 9.38. The Kier molecular flexibility index (Phi) is 2.97. The van der Waals surface area contributed by atoms with Crippen LogP contribution in [0.15, 0.2) is 29.2 Å². The number of carboxylic acids is 1. The molecule has 0 atom stereocenters. The molecule has 1 aromatic rings. The zero-order chi connectivity index (χ0) is 12.4. The van der Waals surface area contributed by atoms with Crippen LogP contribution in [0.25, 0.3) is 6.08 Å². The van der Waals surface area contributed by atoms with E-state index in [1.165, 1.54) is 12.1 Å². The minimum absolute atomic E-state index is 0.100. The minimum atomic E-state index is -0.987. The van der Waals surface area contributed by atoms with E-state index in [4.69, 9.17) is 10.5 Å². The molecule has 86 valence electrons. The van der Waals surface area contributed by atoms with Crippen molar-refractivity contribution in [2.45, 2.75) is 0 Å². The van der Waals surface area contributed by atoms with Crippen molar-refractivity contribution in [3.63, 3.8) is 0 Å². The fraction of sp³-hybridized carbons (Fsp3) is 0. The van der Waals surface area contributed by atoms with Crippen LogP contribution < -0.4 is 5.32 Å². The van der Waals surface area contributed by atoms with E-state index in [0.29, 0.717) is 4.91 Å². The Balaban J connectivity index is 2.24. The van der Waals surface area contributed by atoms with E-state index in [1.807, 2.05) is 0 Å². The number of thioether (sulfide) groups is 1. The van der Waals surface area contributed by atoms with Crippen molar-refractivity contribution in [3.05, 3.63) is 40.3 Å². The number of rotatable bonds is 2. The molecular weight excluding hydrogens is 240 g/mol. The normalized spacial score (nSPS) is 17.3. The molecule has 6 heteroatoms. The SMILES string of the molecule is N=C1NC(=O)C(=Cc2ccc(C(=O)O)cc2)S1. The first-order valence-electron chi connectivity index (χ1n) is 4.69. The smallest absolute Gasteiger partial charge is 0.335 e. The lowest BCUT2D eigenvalue weighted by Crippen LogP contribution is -2.18. The van der Waals surface area contributed by atoms with Crippen LogP contribution in [0, 0.1) is 5.41 Å². The molecule has 0 radical (unpaired) electrons. The highest BCUT2D eigenvalue weighted by Gasteiger charge is 2.21. The van der Waals surface area contributed by atoms with E-state index in [0.717, 1.165) is 17.3 Å². The number of nitrogens with one attached hydrogen (secondary N) is 2. The molecule has 1 saturated heterocycles. The van der Waals surface area contributed by atoms with Crippen molar-refractivity contribution in [2.75, 3.05) is 0 Å². The van der Waals surface area contributed by atoms with Gasteiger partial charge in [0.25, 0.3) is 5.91 Å². The molecular formula is C11H8N2O3S. The molecule has 0 aromatic heterocycles. The average molecular weight is 248 g/mol. The van der Waals surface area contributed by atoms with Crippen LogP contribution in [0.5, 0.6) is 0 Å². The molecule has 1 heterocycles. The summed E-state index contributed by atoms with van der Waals surface area (Å²) in [4.78, 5) is 22.4. The molecule has 1 fully saturated rings. The number of carboxylic acid groups (broad SMARTS) is 1. The van der Waals surface area contributed by atoms with Gasteiger partial charge in [-0.1, -0.05) is 12.1 Å². The Bertz CT molecular complexity index is 534. The van der Waals surface area contributed by atoms with Gasteiger partial charge in [-0.2, -0.15) is 0 Å². The minimum Gasteiger partial charge on any atom is -0.478 e. The Hall–Kier alpha value is -2.08. The first kappa shape index (κ1) is 11.4. The molecule has 0 saturated carbocycles. The van der Waals surface area contributed by atoms with E-state index < -0.39 is 5.97 Å². The maximum Gasteiger partial charge on any atom is 0.335 e. The molecule has 0 spiro atoms. The molecule has 0 unspecified atom stereocenters. The lowest BCUT2D eigenvalue weighted by atomic mass is 10.1. The summed E-state index contributed by atoms with van der Waals surface area (Å²) >= 11 is 1.05. The van der Waals surface area contributed by atoms with E-state index in [9.17, 15) is 9.59 Å². The number of amidine groups is 1. The lowest BCUT2D eigenvalue weighted by molar-refractivity contribution is -0.115. The fourth-order valence-corrected chi connectivity index (χ4v) is 2.02. The van der Waals surface area contributed by atoms with Crippen molar-refractivity contribution in [3.8, 4) is 0 Å². The van der Waals surface area contributed by atoms with Crippen molar-refractivity contribution in [1.29, 1.82) is 5.41 Å². The van der Waals surface area contributed by atoms with Gasteiger partial charge in [0.15, 0.2) is 5.17 Å². The maximum atomic E-state index is 11.3. The number of hydrogen-bond acceptors (Lipinski definition) is 4. The van der Waals surface area contributed by atoms with Crippen LogP contribution in [-0.2, 0) is 4.79 Å². The van der Waals surface area contributed by atoms with Gasteiger partial charge in [0, 0.05) is 0 Å². The Morgan fingerprint density at radius 3 is 2.47 bits per heavy atom. The molecule has 1 aromatic carbocycles. The molecule has 1 aliphatic rings. The topological polar surface area (TPSA) is 90.3 Å². The van der Waals surface area contributed by atoms with Gasteiger partial charge in [0.1, 0.15) is 0 Å². The van der Waals surface area contributed by atoms with E-state index in [2.05, 4.69) is 5.32 Å². The molecule has 2 rings (SSSR count). The number of carbonyl (C=O) groups is 2. The summed E-state index contributed by atoms with van der Waals surface area (Å²) in [5.41, 5.74) is 0.922. The molecule has 0 aliphatic carbocycles. The number of benzene rings is 1. The van der Waals surface area contributed by atoms with Gasteiger partial charge in [-0.25, -0.2) is 4.79 Å². The summed E-state index contributed by atoms with van der Waals surface area (Å²) in [5.74, 6) is -1.29. The van der Waals surface area contributed by atoms with Gasteiger partial charge in [-0.3, -0.25) is 10.2 Å². The van der Waals surface area contributed by atoms with Gasteiger partial charge >= 0.3 is 5.97 Å². The third kappa shape index (κ3) is 2.54. The molecule has 0 bridgehead atoms. The number of amides is 1.